The molecule has 78 valence electrons. The van der Waals surface area contributed by atoms with Crippen LogP contribution in [-0.2, 0) is 4.79 Å². The molecule has 0 radical (unpaired) electrons. The Morgan fingerprint density at radius 1 is 1.54 bits per heavy atom. The van der Waals surface area contributed by atoms with Gasteiger partial charge in [-0.1, -0.05) is 0 Å². The molecule has 1 atom stereocenters. The molecule has 1 unspecified atom stereocenters. The topological polar surface area (TPSA) is 52.6 Å². The first-order chi connectivity index (χ1) is 5.92. The number of carboxylic acid groups (broad SMARTS) is 1. The van der Waals surface area contributed by atoms with Crippen LogP contribution < -0.4 is 5.32 Å². The summed E-state index contributed by atoms with van der Waals surface area (Å²) >= 11 is 0. The molecule has 4 nitrogen and oxygen atoms in total. The Hall–Kier alpha value is -0.610. The number of carboxylic acids is 1. The standard InChI is InChI=1S/C9H20N2O2/c1-9(10-2,8(12)13)6-5-7-11(3)4/h10H,5-7H2,1-4H3,(H,12,13). The average Bonchev–Trinajstić information content (AvgIpc) is 2.03. The summed E-state index contributed by atoms with van der Waals surface area (Å²) in [5.74, 6) is -0.784. The van der Waals surface area contributed by atoms with Gasteiger partial charge in [0, 0.05) is 0 Å². The molecule has 0 spiro atoms. The molecular formula is C9H20N2O2. The molecule has 0 heterocycles. The molecule has 13 heavy (non-hydrogen) atoms. The van der Waals surface area contributed by atoms with Crippen LogP contribution in [0.3, 0.4) is 0 Å². The zero-order chi connectivity index (χ0) is 10.5. The van der Waals surface area contributed by atoms with Crippen molar-refractivity contribution in [3.63, 3.8) is 0 Å². The van der Waals surface area contributed by atoms with E-state index in [0.29, 0.717) is 6.42 Å². The SMILES string of the molecule is CNC(C)(CCCN(C)C)C(=O)O. The maximum atomic E-state index is 10.9. The molecule has 0 aliphatic carbocycles. The Morgan fingerprint density at radius 3 is 2.38 bits per heavy atom. The van der Waals surface area contributed by atoms with Crippen LogP contribution >= 0.6 is 0 Å². The van der Waals surface area contributed by atoms with Crippen LogP contribution in [0.25, 0.3) is 0 Å². The molecule has 0 rings (SSSR count). The predicted octanol–water partition coefficient (Wildman–Crippen LogP) is 0.391. The first kappa shape index (κ1) is 12.4. The Morgan fingerprint density at radius 2 is 2.08 bits per heavy atom. The maximum Gasteiger partial charge on any atom is 0.323 e. The highest BCUT2D eigenvalue weighted by atomic mass is 16.4. The Balaban J connectivity index is 3.92. The van der Waals surface area contributed by atoms with E-state index in [9.17, 15) is 4.79 Å². The van der Waals surface area contributed by atoms with Gasteiger partial charge in [-0.2, -0.15) is 0 Å². The summed E-state index contributed by atoms with van der Waals surface area (Å²) < 4.78 is 0. The summed E-state index contributed by atoms with van der Waals surface area (Å²) in [4.78, 5) is 12.9. The van der Waals surface area contributed by atoms with Crippen LogP contribution in [0.15, 0.2) is 0 Å². The molecule has 2 N–H and O–H groups in total. The second kappa shape index (κ2) is 5.19. The number of carbonyl (C=O) groups is 1. The van der Waals surface area contributed by atoms with Gasteiger partial charge in [0.15, 0.2) is 0 Å². The first-order valence-electron chi connectivity index (χ1n) is 4.49. The predicted molar refractivity (Wildman–Crippen MR) is 52.9 cm³/mol. The molecule has 0 aromatic carbocycles. The summed E-state index contributed by atoms with van der Waals surface area (Å²) in [6.45, 7) is 2.63. The van der Waals surface area contributed by atoms with E-state index in [1.165, 1.54) is 0 Å². The fourth-order valence-electron chi connectivity index (χ4n) is 1.09. The van der Waals surface area contributed by atoms with Gasteiger partial charge in [0.1, 0.15) is 5.54 Å². The highest BCUT2D eigenvalue weighted by Gasteiger charge is 2.30. The van der Waals surface area contributed by atoms with Crippen LogP contribution in [0.2, 0.25) is 0 Å². The third-order valence-corrected chi connectivity index (χ3v) is 2.31. The Labute approximate surface area is 79.9 Å². The highest BCUT2D eigenvalue weighted by molar-refractivity contribution is 5.78. The number of hydrogen-bond acceptors (Lipinski definition) is 3. The maximum absolute atomic E-state index is 10.9. The molecule has 0 amide bonds. The van der Waals surface area contributed by atoms with Crippen molar-refractivity contribution in [2.45, 2.75) is 25.3 Å². The van der Waals surface area contributed by atoms with Crippen LogP contribution in [0.5, 0.6) is 0 Å². The van der Waals surface area contributed by atoms with Gasteiger partial charge in [-0.15, -0.1) is 0 Å². The number of hydrogen-bond donors (Lipinski definition) is 2. The van der Waals surface area contributed by atoms with Gasteiger partial charge < -0.3 is 15.3 Å². The van der Waals surface area contributed by atoms with E-state index in [-0.39, 0.29) is 0 Å². The van der Waals surface area contributed by atoms with Crippen molar-refractivity contribution in [1.29, 1.82) is 0 Å². The highest BCUT2D eigenvalue weighted by Crippen LogP contribution is 2.11. The second-order valence-electron chi connectivity index (χ2n) is 3.79. The van der Waals surface area contributed by atoms with E-state index in [0.717, 1.165) is 13.0 Å². The third-order valence-electron chi connectivity index (χ3n) is 2.31. The number of aliphatic carboxylic acids is 1. The molecule has 0 aliphatic rings. The Kier molecular flexibility index (Phi) is 4.95. The number of nitrogens with one attached hydrogen (secondary N) is 1. The molecule has 0 aromatic rings. The van der Waals surface area contributed by atoms with E-state index in [2.05, 4.69) is 10.2 Å². The zero-order valence-corrected chi connectivity index (χ0v) is 8.92. The lowest BCUT2D eigenvalue weighted by atomic mass is 9.96. The van der Waals surface area contributed by atoms with Crippen LogP contribution in [0, 0.1) is 0 Å². The van der Waals surface area contributed by atoms with E-state index in [4.69, 9.17) is 5.11 Å². The van der Waals surface area contributed by atoms with E-state index in [1.807, 2.05) is 14.1 Å². The van der Waals surface area contributed by atoms with E-state index in [1.54, 1.807) is 14.0 Å². The van der Waals surface area contributed by atoms with Crippen molar-refractivity contribution < 1.29 is 9.90 Å². The number of likely N-dealkylation sites (N-methyl/N-ethyl adjacent to an activating group) is 1. The summed E-state index contributed by atoms with van der Waals surface area (Å²) in [7, 11) is 5.65. The molecule has 0 fully saturated rings. The number of rotatable bonds is 6. The molecule has 0 aliphatic heterocycles. The van der Waals surface area contributed by atoms with Crippen molar-refractivity contribution >= 4 is 5.97 Å². The summed E-state index contributed by atoms with van der Waals surface area (Å²) in [6.07, 6.45) is 1.54. The fourth-order valence-corrected chi connectivity index (χ4v) is 1.09. The minimum atomic E-state index is -0.784. The van der Waals surface area contributed by atoms with Gasteiger partial charge in [-0.05, 0) is 47.5 Å². The van der Waals surface area contributed by atoms with Gasteiger partial charge in [-0.3, -0.25) is 4.79 Å². The van der Waals surface area contributed by atoms with Crippen LogP contribution in [-0.4, -0.2) is 49.2 Å². The first-order valence-corrected chi connectivity index (χ1v) is 4.49. The molecule has 0 saturated carbocycles. The summed E-state index contributed by atoms with van der Waals surface area (Å²) in [5.41, 5.74) is -0.782. The van der Waals surface area contributed by atoms with Crippen molar-refractivity contribution in [1.82, 2.24) is 10.2 Å². The smallest absolute Gasteiger partial charge is 0.323 e. The minimum absolute atomic E-state index is 0.650. The number of nitrogens with zero attached hydrogens (tertiary/aromatic N) is 1. The second-order valence-corrected chi connectivity index (χ2v) is 3.79. The monoisotopic (exact) mass is 188 g/mol. The van der Waals surface area contributed by atoms with Crippen molar-refractivity contribution in [2.75, 3.05) is 27.7 Å². The van der Waals surface area contributed by atoms with Gasteiger partial charge in [0.05, 0.1) is 0 Å². The van der Waals surface area contributed by atoms with Crippen molar-refractivity contribution in [2.24, 2.45) is 0 Å². The minimum Gasteiger partial charge on any atom is -0.480 e. The Bertz CT molecular complexity index is 171. The molecular weight excluding hydrogens is 168 g/mol. The third kappa shape index (κ3) is 4.24. The normalized spacial score (nSPS) is 15.8. The van der Waals surface area contributed by atoms with Crippen LogP contribution in [0.4, 0.5) is 0 Å². The van der Waals surface area contributed by atoms with E-state index >= 15 is 0 Å². The lowest BCUT2D eigenvalue weighted by Crippen LogP contribution is -2.47. The average molecular weight is 188 g/mol. The van der Waals surface area contributed by atoms with Gasteiger partial charge >= 0.3 is 5.97 Å². The van der Waals surface area contributed by atoms with E-state index < -0.39 is 11.5 Å². The molecule has 0 aromatic heterocycles. The van der Waals surface area contributed by atoms with Crippen molar-refractivity contribution in [3.8, 4) is 0 Å². The van der Waals surface area contributed by atoms with Gasteiger partial charge in [0.2, 0.25) is 0 Å². The summed E-state index contributed by atoms with van der Waals surface area (Å²) in [5, 5.41) is 11.8. The molecule has 0 bridgehead atoms. The molecule has 0 saturated heterocycles. The lowest BCUT2D eigenvalue weighted by Gasteiger charge is -2.24. The molecule has 4 heteroatoms. The van der Waals surface area contributed by atoms with Crippen molar-refractivity contribution in [3.05, 3.63) is 0 Å². The quantitative estimate of drug-likeness (QED) is 0.633. The summed E-state index contributed by atoms with van der Waals surface area (Å²) in [6, 6.07) is 0. The van der Waals surface area contributed by atoms with Gasteiger partial charge in [0.25, 0.3) is 0 Å². The fraction of sp³-hybridized carbons (Fsp3) is 0.889. The largest absolute Gasteiger partial charge is 0.480 e. The lowest BCUT2D eigenvalue weighted by molar-refractivity contribution is -0.144. The van der Waals surface area contributed by atoms with Crippen LogP contribution in [0.1, 0.15) is 19.8 Å². The van der Waals surface area contributed by atoms with Gasteiger partial charge in [-0.25, -0.2) is 0 Å². The zero-order valence-electron chi connectivity index (χ0n) is 8.92.